The topological polar surface area (TPSA) is 78.5 Å². The molecule has 1 aliphatic carbocycles. The molecule has 0 aromatic rings. The molecule has 4 amide bonds. The van der Waals surface area contributed by atoms with E-state index in [2.05, 4.69) is 17.6 Å². The van der Waals surface area contributed by atoms with E-state index < -0.39 is 11.6 Å². The number of hydrogen-bond donors (Lipinski definition) is 2. The minimum Gasteiger partial charge on any atom is -0.350 e. The van der Waals surface area contributed by atoms with Gasteiger partial charge < -0.3 is 10.2 Å². The summed E-state index contributed by atoms with van der Waals surface area (Å²) in [6.45, 7) is 7.68. The van der Waals surface area contributed by atoms with E-state index in [0.29, 0.717) is 18.8 Å². The van der Waals surface area contributed by atoms with Crippen LogP contribution in [0.3, 0.4) is 0 Å². The van der Waals surface area contributed by atoms with Crippen molar-refractivity contribution in [3.63, 3.8) is 0 Å². The fourth-order valence-electron chi connectivity index (χ4n) is 3.40. The van der Waals surface area contributed by atoms with Gasteiger partial charge in [-0.3, -0.25) is 14.9 Å². The first-order valence-electron chi connectivity index (χ1n) is 7.58. The predicted octanol–water partition coefficient (Wildman–Crippen LogP) is 1.40. The summed E-state index contributed by atoms with van der Waals surface area (Å²) in [7, 11) is 0. The first-order chi connectivity index (χ1) is 9.64. The molecule has 21 heavy (non-hydrogen) atoms. The Morgan fingerprint density at radius 2 is 2.10 bits per heavy atom. The van der Waals surface area contributed by atoms with Crippen LogP contribution in [0.25, 0.3) is 0 Å². The van der Waals surface area contributed by atoms with Gasteiger partial charge in [0.05, 0.1) is 0 Å². The van der Waals surface area contributed by atoms with Crippen LogP contribution in [0.15, 0.2) is 0 Å². The molecule has 2 aliphatic rings. The molecule has 2 unspecified atom stereocenters. The first-order valence-corrected chi connectivity index (χ1v) is 7.58. The lowest BCUT2D eigenvalue weighted by atomic mass is 9.75. The number of amides is 4. The average molecular weight is 295 g/mol. The van der Waals surface area contributed by atoms with Gasteiger partial charge in [-0.2, -0.15) is 0 Å². The van der Waals surface area contributed by atoms with E-state index in [4.69, 9.17) is 0 Å². The second-order valence-corrected chi connectivity index (χ2v) is 7.38. The van der Waals surface area contributed by atoms with Crippen LogP contribution in [-0.4, -0.2) is 40.4 Å². The molecule has 1 heterocycles. The van der Waals surface area contributed by atoms with Gasteiger partial charge in [0, 0.05) is 5.54 Å². The Morgan fingerprint density at radius 3 is 2.67 bits per heavy atom. The van der Waals surface area contributed by atoms with E-state index in [1.807, 2.05) is 20.8 Å². The Bertz CT molecular complexity index is 469. The summed E-state index contributed by atoms with van der Waals surface area (Å²) < 4.78 is 0. The van der Waals surface area contributed by atoms with Crippen LogP contribution in [0.2, 0.25) is 0 Å². The standard InChI is InChI=1S/C15H25N3O3/c1-10-6-5-7-15(8-10)12(20)16-13(21)18(15)9-11(19)17-14(2,3)4/h10H,5-9H2,1-4H3,(H,17,19)(H,16,20,21). The third kappa shape index (κ3) is 3.19. The zero-order chi connectivity index (χ0) is 15.8. The molecule has 0 bridgehead atoms. The Kier molecular flexibility index (Phi) is 4.00. The van der Waals surface area contributed by atoms with Crippen molar-refractivity contribution in [3.05, 3.63) is 0 Å². The normalized spacial score (nSPS) is 29.7. The summed E-state index contributed by atoms with van der Waals surface area (Å²) in [5.74, 6) is -0.101. The van der Waals surface area contributed by atoms with Crippen LogP contribution < -0.4 is 10.6 Å². The Balaban J connectivity index is 2.17. The van der Waals surface area contributed by atoms with Crippen molar-refractivity contribution in [2.24, 2.45) is 5.92 Å². The number of nitrogens with zero attached hydrogens (tertiary/aromatic N) is 1. The maximum absolute atomic E-state index is 12.3. The minimum absolute atomic E-state index is 0.0679. The fourth-order valence-corrected chi connectivity index (χ4v) is 3.40. The SMILES string of the molecule is CC1CCCC2(C1)C(=O)NC(=O)N2CC(=O)NC(C)(C)C. The van der Waals surface area contributed by atoms with Crippen molar-refractivity contribution in [1.29, 1.82) is 0 Å². The average Bonchev–Trinajstić information content (AvgIpc) is 2.51. The van der Waals surface area contributed by atoms with Gasteiger partial charge in [0.1, 0.15) is 12.1 Å². The third-order valence-corrected chi connectivity index (χ3v) is 4.19. The van der Waals surface area contributed by atoms with E-state index in [-0.39, 0.29) is 23.9 Å². The summed E-state index contributed by atoms with van der Waals surface area (Å²) in [6.07, 6.45) is 3.23. The monoisotopic (exact) mass is 295 g/mol. The van der Waals surface area contributed by atoms with Crippen molar-refractivity contribution in [2.75, 3.05) is 6.54 Å². The summed E-state index contributed by atoms with van der Waals surface area (Å²) >= 11 is 0. The number of hydrogen-bond acceptors (Lipinski definition) is 3. The van der Waals surface area contributed by atoms with Crippen LogP contribution >= 0.6 is 0 Å². The molecule has 0 radical (unpaired) electrons. The number of urea groups is 1. The molecule has 6 heteroatoms. The fraction of sp³-hybridized carbons (Fsp3) is 0.800. The Labute approximate surface area is 125 Å². The molecule has 118 valence electrons. The summed E-state index contributed by atoms with van der Waals surface area (Å²) in [4.78, 5) is 37.9. The lowest BCUT2D eigenvalue weighted by Crippen LogP contribution is -2.56. The number of imide groups is 1. The zero-order valence-electron chi connectivity index (χ0n) is 13.3. The minimum atomic E-state index is -0.829. The van der Waals surface area contributed by atoms with Gasteiger partial charge in [-0.15, -0.1) is 0 Å². The molecule has 6 nitrogen and oxygen atoms in total. The highest BCUT2D eigenvalue weighted by Gasteiger charge is 2.54. The van der Waals surface area contributed by atoms with Gasteiger partial charge in [-0.1, -0.05) is 19.8 Å². The second-order valence-electron chi connectivity index (χ2n) is 7.38. The summed E-state index contributed by atoms with van der Waals surface area (Å²) in [6, 6.07) is -0.446. The number of carbonyl (C=O) groups excluding carboxylic acids is 3. The van der Waals surface area contributed by atoms with Crippen molar-refractivity contribution in [2.45, 2.75) is 64.5 Å². The van der Waals surface area contributed by atoms with Crippen LogP contribution in [0.5, 0.6) is 0 Å². The molecular weight excluding hydrogens is 270 g/mol. The second kappa shape index (κ2) is 5.31. The van der Waals surface area contributed by atoms with E-state index in [0.717, 1.165) is 12.8 Å². The molecule has 1 saturated carbocycles. The number of nitrogens with one attached hydrogen (secondary N) is 2. The molecule has 2 N–H and O–H groups in total. The molecule has 1 saturated heterocycles. The Hall–Kier alpha value is -1.59. The van der Waals surface area contributed by atoms with Gasteiger partial charge in [-0.05, 0) is 39.5 Å². The van der Waals surface area contributed by atoms with Crippen LogP contribution in [-0.2, 0) is 9.59 Å². The van der Waals surface area contributed by atoms with Gasteiger partial charge >= 0.3 is 6.03 Å². The number of carbonyl (C=O) groups is 3. The van der Waals surface area contributed by atoms with Crippen molar-refractivity contribution < 1.29 is 14.4 Å². The van der Waals surface area contributed by atoms with Gasteiger partial charge in [0.25, 0.3) is 5.91 Å². The summed E-state index contributed by atoms with van der Waals surface area (Å²) in [5, 5.41) is 5.23. The van der Waals surface area contributed by atoms with Crippen LogP contribution in [0, 0.1) is 5.92 Å². The van der Waals surface area contributed by atoms with E-state index in [9.17, 15) is 14.4 Å². The van der Waals surface area contributed by atoms with Crippen molar-refractivity contribution >= 4 is 17.8 Å². The zero-order valence-corrected chi connectivity index (χ0v) is 13.3. The van der Waals surface area contributed by atoms with Crippen LogP contribution in [0.4, 0.5) is 4.79 Å². The van der Waals surface area contributed by atoms with E-state index >= 15 is 0 Å². The van der Waals surface area contributed by atoms with Crippen molar-refractivity contribution in [3.8, 4) is 0 Å². The molecule has 2 atom stereocenters. The maximum Gasteiger partial charge on any atom is 0.325 e. The van der Waals surface area contributed by atoms with Crippen LogP contribution in [0.1, 0.15) is 53.4 Å². The van der Waals surface area contributed by atoms with Crippen molar-refractivity contribution in [1.82, 2.24) is 15.5 Å². The molecule has 1 spiro atoms. The molecule has 2 fully saturated rings. The van der Waals surface area contributed by atoms with Gasteiger partial charge in [0.2, 0.25) is 5.91 Å². The Morgan fingerprint density at radius 1 is 1.43 bits per heavy atom. The lowest BCUT2D eigenvalue weighted by molar-refractivity contribution is -0.131. The third-order valence-electron chi connectivity index (χ3n) is 4.19. The predicted molar refractivity (Wildman–Crippen MR) is 78.5 cm³/mol. The highest BCUT2D eigenvalue weighted by Crippen LogP contribution is 2.39. The highest BCUT2D eigenvalue weighted by atomic mass is 16.2. The highest BCUT2D eigenvalue weighted by molar-refractivity contribution is 6.08. The smallest absolute Gasteiger partial charge is 0.325 e. The molecule has 1 aliphatic heterocycles. The van der Waals surface area contributed by atoms with E-state index in [1.54, 1.807) is 0 Å². The molecule has 0 aromatic carbocycles. The lowest BCUT2D eigenvalue weighted by Gasteiger charge is -2.40. The first kappa shape index (κ1) is 15.8. The van der Waals surface area contributed by atoms with E-state index in [1.165, 1.54) is 4.90 Å². The summed E-state index contributed by atoms with van der Waals surface area (Å²) in [5.41, 5.74) is -1.19. The van der Waals surface area contributed by atoms with Gasteiger partial charge in [0.15, 0.2) is 0 Å². The largest absolute Gasteiger partial charge is 0.350 e. The maximum atomic E-state index is 12.3. The van der Waals surface area contributed by atoms with Gasteiger partial charge in [-0.25, -0.2) is 4.79 Å². The quantitative estimate of drug-likeness (QED) is 0.756. The number of rotatable bonds is 2. The molecular formula is C15H25N3O3. The molecule has 2 rings (SSSR count). The molecule has 0 aromatic heterocycles.